The molecule has 0 fully saturated rings. The summed E-state index contributed by atoms with van der Waals surface area (Å²) >= 11 is 0. The Bertz CT molecular complexity index is 586. The average Bonchev–Trinajstić information content (AvgIpc) is 2.45. The summed E-state index contributed by atoms with van der Waals surface area (Å²) in [6.45, 7) is 4.80. The molecule has 106 valence electrons. The van der Waals surface area contributed by atoms with E-state index < -0.39 is 0 Å². The summed E-state index contributed by atoms with van der Waals surface area (Å²) in [4.78, 5) is 9.86. The highest BCUT2D eigenvalue weighted by molar-refractivity contribution is 5.64. The fourth-order valence-electron chi connectivity index (χ4n) is 2.09. The fourth-order valence-corrected chi connectivity index (χ4v) is 2.09. The number of rotatable bonds is 5. The minimum absolute atomic E-state index is 0.306. The van der Waals surface area contributed by atoms with Gasteiger partial charge in [0, 0.05) is 12.2 Å². The molecule has 0 spiro atoms. The van der Waals surface area contributed by atoms with Crippen LogP contribution in [0.2, 0.25) is 0 Å². The van der Waals surface area contributed by atoms with Crippen molar-refractivity contribution in [1.82, 2.24) is 9.97 Å². The Labute approximate surface area is 118 Å². The number of aromatic nitrogens is 2. The number of halogens is 1. The molecule has 0 unspecified atom stereocenters. The van der Waals surface area contributed by atoms with Gasteiger partial charge in [0.2, 0.25) is 0 Å². The topological polar surface area (TPSA) is 55.0 Å². The van der Waals surface area contributed by atoms with E-state index in [4.69, 9.17) is 5.73 Å². The van der Waals surface area contributed by atoms with Gasteiger partial charge in [-0.25, -0.2) is 14.4 Å². The summed E-state index contributed by atoms with van der Waals surface area (Å²) in [6, 6.07) is 7.85. The molecular formula is C15H19FN4. The first-order valence-corrected chi connectivity index (χ1v) is 6.65. The van der Waals surface area contributed by atoms with Crippen LogP contribution in [0.25, 0.3) is 0 Å². The van der Waals surface area contributed by atoms with Gasteiger partial charge in [-0.3, -0.25) is 0 Å². The normalized spacial score (nSPS) is 10.6. The lowest BCUT2D eigenvalue weighted by Crippen LogP contribution is -2.24. The molecule has 1 aromatic carbocycles. The first-order chi connectivity index (χ1) is 9.65. The van der Waals surface area contributed by atoms with E-state index in [9.17, 15) is 4.39 Å². The molecule has 5 heteroatoms. The van der Waals surface area contributed by atoms with E-state index in [2.05, 4.69) is 9.97 Å². The number of anilines is 2. The van der Waals surface area contributed by atoms with Gasteiger partial charge < -0.3 is 10.6 Å². The average molecular weight is 274 g/mol. The van der Waals surface area contributed by atoms with E-state index in [0.29, 0.717) is 24.6 Å². The van der Waals surface area contributed by atoms with Gasteiger partial charge in [-0.05, 0) is 38.4 Å². The SMILES string of the molecule is Cc1ccccc1N(CCCN)c1ncnc(C)c1F. The second-order valence-corrected chi connectivity index (χ2v) is 4.68. The lowest BCUT2D eigenvalue weighted by atomic mass is 10.1. The van der Waals surface area contributed by atoms with E-state index in [1.165, 1.54) is 6.33 Å². The van der Waals surface area contributed by atoms with Crippen LogP contribution in [-0.4, -0.2) is 23.1 Å². The van der Waals surface area contributed by atoms with Gasteiger partial charge in [-0.15, -0.1) is 0 Å². The van der Waals surface area contributed by atoms with Crippen LogP contribution in [0.5, 0.6) is 0 Å². The number of nitrogens with zero attached hydrogens (tertiary/aromatic N) is 3. The Morgan fingerprint density at radius 3 is 2.65 bits per heavy atom. The molecular weight excluding hydrogens is 255 g/mol. The highest BCUT2D eigenvalue weighted by atomic mass is 19.1. The number of para-hydroxylation sites is 1. The maximum atomic E-state index is 14.3. The predicted molar refractivity (Wildman–Crippen MR) is 78.6 cm³/mol. The van der Waals surface area contributed by atoms with Crippen molar-refractivity contribution in [2.24, 2.45) is 5.73 Å². The third kappa shape index (κ3) is 2.93. The standard InChI is InChI=1S/C15H19FN4/c1-11-6-3-4-7-13(11)20(9-5-8-17)15-14(16)12(2)18-10-19-15/h3-4,6-7,10H,5,8-9,17H2,1-2H3. The van der Waals surface area contributed by atoms with Gasteiger partial charge in [-0.2, -0.15) is 0 Å². The first-order valence-electron chi connectivity index (χ1n) is 6.65. The monoisotopic (exact) mass is 274 g/mol. The van der Waals surface area contributed by atoms with Gasteiger partial charge in [-0.1, -0.05) is 18.2 Å². The molecule has 2 rings (SSSR count). The third-order valence-electron chi connectivity index (χ3n) is 3.19. The smallest absolute Gasteiger partial charge is 0.187 e. The highest BCUT2D eigenvalue weighted by Crippen LogP contribution is 2.29. The molecule has 0 radical (unpaired) electrons. The Balaban J connectivity index is 2.47. The molecule has 2 N–H and O–H groups in total. The van der Waals surface area contributed by atoms with Gasteiger partial charge in [0.15, 0.2) is 11.6 Å². The molecule has 0 amide bonds. The van der Waals surface area contributed by atoms with Crippen LogP contribution in [0.3, 0.4) is 0 Å². The number of hydrogen-bond donors (Lipinski definition) is 1. The predicted octanol–water partition coefficient (Wildman–Crippen LogP) is 2.72. The second-order valence-electron chi connectivity index (χ2n) is 4.68. The number of nitrogens with two attached hydrogens (primary N) is 1. The minimum Gasteiger partial charge on any atom is -0.330 e. The van der Waals surface area contributed by atoms with Crippen molar-refractivity contribution in [2.45, 2.75) is 20.3 Å². The van der Waals surface area contributed by atoms with Crippen molar-refractivity contribution in [3.63, 3.8) is 0 Å². The van der Waals surface area contributed by atoms with Crippen LogP contribution < -0.4 is 10.6 Å². The highest BCUT2D eigenvalue weighted by Gasteiger charge is 2.18. The van der Waals surface area contributed by atoms with E-state index in [-0.39, 0.29) is 5.82 Å². The molecule has 0 aliphatic rings. The summed E-state index contributed by atoms with van der Waals surface area (Å²) < 4.78 is 14.3. The molecule has 4 nitrogen and oxygen atoms in total. The number of aryl methyl sites for hydroxylation is 2. The zero-order chi connectivity index (χ0) is 14.5. The van der Waals surface area contributed by atoms with E-state index in [0.717, 1.165) is 17.7 Å². The lowest BCUT2D eigenvalue weighted by molar-refractivity contribution is 0.597. The van der Waals surface area contributed by atoms with Crippen LogP contribution in [0, 0.1) is 19.7 Å². The molecule has 20 heavy (non-hydrogen) atoms. The van der Waals surface area contributed by atoms with Crippen LogP contribution in [0.1, 0.15) is 17.7 Å². The van der Waals surface area contributed by atoms with Crippen molar-refractivity contribution in [3.8, 4) is 0 Å². The Hall–Kier alpha value is -2.01. The quantitative estimate of drug-likeness (QED) is 0.910. The molecule has 0 aliphatic carbocycles. The maximum absolute atomic E-state index is 14.3. The van der Waals surface area contributed by atoms with Crippen LogP contribution in [-0.2, 0) is 0 Å². The zero-order valence-corrected chi connectivity index (χ0v) is 11.8. The van der Waals surface area contributed by atoms with Crippen LogP contribution in [0.4, 0.5) is 15.9 Å². The largest absolute Gasteiger partial charge is 0.330 e. The lowest BCUT2D eigenvalue weighted by Gasteiger charge is -2.25. The summed E-state index contributed by atoms with van der Waals surface area (Å²) in [5.74, 6) is -0.0759. The third-order valence-corrected chi connectivity index (χ3v) is 3.19. The van der Waals surface area contributed by atoms with E-state index >= 15 is 0 Å². The van der Waals surface area contributed by atoms with Crippen molar-refractivity contribution < 1.29 is 4.39 Å². The summed E-state index contributed by atoms with van der Waals surface area (Å²) in [5.41, 5.74) is 7.95. The van der Waals surface area contributed by atoms with E-state index in [1.807, 2.05) is 36.1 Å². The van der Waals surface area contributed by atoms with Gasteiger partial charge in [0.05, 0.1) is 5.69 Å². The van der Waals surface area contributed by atoms with Crippen molar-refractivity contribution in [2.75, 3.05) is 18.0 Å². The maximum Gasteiger partial charge on any atom is 0.187 e. The Morgan fingerprint density at radius 1 is 1.20 bits per heavy atom. The number of benzene rings is 1. The van der Waals surface area contributed by atoms with Crippen LogP contribution >= 0.6 is 0 Å². The van der Waals surface area contributed by atoms with E-state index in [1.54, 1.807) is 6.92 Å². The summed E-state index contributed by atoms with van der Waals surface area (Å²) in [7, 11) is 0. The Morgan fingerprint density at radius 2 is 1.95 bits per heavy atom. The summed E-state index contributed by atoms with van der Waals surface area (Å²) in [6.07, 6.45) is 2.15. The molecule has 1 heterocycles. The zero-order valence-electron chi connectivity index (χ0n) is 11.8. The number of hydrogen-bond acceptors (Lipinski definition) is 4. The van der Waals surface area contributed by atoms with Gasteiger partial charge >= 0.3 is 0 Å². The molecule has 0 aliphatic heterocycles. The first kappa shape index (κ1) is 14.4. The second kappa shape index (κ2) is 6.43. The fraction of sp³-hybridized carbons (Fsp3) is 0.333. The summed E-state index contributed by atoms with van der Waals surface area (Å²) in [5, 5.41) is 0. The minimum atomic E-state index is -0.382. The molecule has 0 atom stereocenters. The van der Waals surface area contributed by atoms with Crippen molar-refractivity contribution in [1.29, 1.82) is 0 Å². The van der Waals surface area contributed by atoms with Gasteiger partial charge in [0.25, 0.3) is 0 Å². The molecule has 0 saturated heterocycles. The van der Waals surface area contributed by atoms with Gasteiger partial charge in [0.1, 0.15) is 6.33 Å². The van der Waals surface area contributed by atoms with Crippen molar-refractivity contribution >= 4 is 11.5 Å². The molecule has 2 aromatic rings. The molecule has 0 saturated carbocycles. The van der Waals surface area contributed by atoms with Crippen LogP contribution in [0.15, 0.2) is 30.6 Å². The molecule has 1 aromatic heterocycles. The Kier molecular flexibility index (Phi) is 4.63. The molecule has 0 bridgehead atoms. The van der Waals surface area contributed by atoms with Crippen molar-refractivity contribution in [3.05, 3.63) is 47.7 Å².